The molecule has 9 heavy (non-hydrogen) atoms. The molecule has 0 aliphatic carbocycles. The summed E-state index contributed by atoms with van der Waals surface area (Å²) < 4.78 is 0. The fourth-order valence-corrected chi connectivity index (χ4v) is 9.44. The molecular weight excluding hydrogens is 304 g/mol. The Labute approximate surface area is 78.6 Å². The van der Waals surface area contributed by atoms with Gasteiger partial charge in [-0.3, -0.25) is 0 Å². The molecule has 1 radical (unpaired) electrons. The average molecular weight is 308 g/mol. The van der Waals surface area contributed by atoms with E-state index in [9.17, 15) is 0 Å². The molecule has 0 aliphatic rings. The van der Waals surface area contributed by atoms with Crippen LogP contribution < -0.4 is 0 Å². The van der Waals surface area contributed by atoms with Crippen LogP contribution in [0, 0.1) is 0 Å². The van der Waals surface area contributed by atoms with Crippen LogP contribution in [0.2, 0.25) is 0 Å². The molecule has 0 aromatic rings. The van der Waals surface area contributed by atoms with Crippen LogP contribution in [0.3, 0.4) is 0 Å². The summed E-state index contributed by atoms with van der Waals surface area (Å²) in [6.45, 7) is 0. The van der Waals surface area contributed by atoms with Crippen molar-refractivity contribution in [2.24, 2.45) is 0 Å². The Morgan fingerprint density at radius 3 is 1.78 bits per heavy atom. The van der Waals surface area contributed by atoms with Gasteiger partial charge in [-0.1, -0.05) is 0 Å². The van der Waals surface area contributed by atoms with Crippen molar-refractivity contribution in [2.45, 2.75) is 0 Å². The second-order valence-electron chi connectivity index (χ2n) is 1.01. The van der Waals surface area contributed by atoms with Gasteiger partial charge in [0.1, 0.15) is 0 Å². The Bertz CT molecular complexity index is 100. The SMILES string of the molecule is Cl/C=C/[As](/C=C/Cl)[As]Cl. The number of rotatable bonds is 3. The summed E-state index contributed by atoms with van der Waals surface area (Å²) in [5.74, 6) is 0. The molecule has 0 saturated heterocycles. The first-order chi connectivity index (χ1) is 4.35. The molecule has 0 spiro atoms. The van der Waals surface area contributed by atoms with Crippen molar-refractivity contribution in [3.63, 3.8) is 0 Å². The Morgan fingerprint density at radius 2 is 1.56 bits per heavy atom. The van der Waals surface area contributed by atoms with E-state index in [1.54, 1.807) is 0 Å². The molecule has 5 heteroatoms. The number of halogens is 3. The fraction of sp³-hybridized carbons (Fsp3) is 0. The normalized spacial score (nSPS) is 13.8. The minimum absolute atomic E-state index is 0.0705. The third-order valence-electron chi connectivity index (χ3n) is 0.505. The van der Waals surface area contributed by atoms with Gasteiger partial charge in [0.15, 0.2) is 0 Å². The van der Waals surface area contributed by atoms with Crippen LogP contribution in [-0.4, -0.2) is 25.3 Å². The van der Waals surface area contributed by atoms with Gasteiger partial charge in [-0.25, -0.2) is 0 Å². The third-order valence-corrected chi connectivity index (χ3v) is 13.3. The van der Waals surface area contributed by atoms with Gasteiger partial charge < -0.3 is 0 Å². The van der Waals surface area contributed by atoms with E-state index in [1.807, 2.05) is 9.73 Å². The maximum atomic E-state index is 5.66. The summed E-state index contributed by atoms with van der Waals surface area (Å²) >= 11 is 9.58. The predicted molar refractivity (Wildman–Crippen MR) is 47.3 cm³/mol. The molecule has 0 aromatic carbocycles. The molecule has 0 aliphatic heterocycles. The molecule has 0 heterocycles. The second-order valence-corrected chi connectivity index (χ2v) is 15.4. The van der Waals surface area contributed by atoms with Crippen LogP contribution >= 0.6 is 33.2 Å². The quantitative estimate of drug-likeness (QED) is 0.703. The molecule has 0 rings (SSSR count). The Balaban J connectivity index is 3.68. The van der Waals surface area contributed by atoms with Crippen LogP contribution in [-0.2, 0) is 0 Å². The van der Waals surface area contributed by atoms with Crippen molar-refractivity contribution >= 4 is 58.5 Å². The summed E-state index contributed by atoms with van der Waals surface area (Å²) in [5, 5.41) is 0. The van der Waals surface area contributed by atoms with Gasteiger partial charge in [-0.05, 0) is 0 Å². The molecule has 0 unspecified atom stereocenters. The van der Waals surface area contributed by atoms with Gasteiger partial charge in [0, 0.05) is 0 Å². The second kappa shape index (κ2) is 7.57. The molecule has 0 atom stereocenters. The molecule has 0 fully saturated rings. The molecular formula is C4H4As2Cl3. The van der Waals surface area contributed by atoms with E-state index >= 15 is 0 Å². The summed E-state index contributed by atoms with van der Waals surface area (Å²) in [6, 6.07) is 0. The van der Waals surface area contributed by atoms with Crippen molar-refractivity contribution in [3.05, 3.63) is 20.8 Å². The molecule has 0 N–H and O–H groups in total. The van der Waals surface area contributed by atoms with Gasteiger partial charge in [0.25, 0.3) is 0 Å². The molecule has 0 bridgehead atoms. The van der Waals surface area contributed by atoms with Gasteiger partial charge in [0.2, 0.25) is 0 Å². The van der Waals surface area contributed by atoms with E-state index in [-0.39, 0.29) is 12.7 Å². The van der Waals surface area contributed by atoms with E-state index in [4.69, 9.17) is 33.2 Å². The van der Waals surface area contributed by atoms with Crippen LogP contribution in [0.1, 0.15) is 0 Å². The first-order valence-corrected chi connectivity index (χ1v) is 12.7. The first-order valence-electron chi connectivity index (χ1n) is 1.99. The van der Waals surface area contributed by atoms with Crippen molar-refractivity contribution < 1.29 is 0 Å². The zero-order chi connectivity index (χ0) is 7.11. The van der Waals surface area contributed by atoms with Crippen molar-refractivity contribution in [1.29, 1.82) is 0 Å². The summed E-state index contributed by atoms with van der Waals surface area (Å²) in [7, 11) is 5.66. The number of hydrogen-bond donors (Lipinski definition) is 0. The Morgan fingerprint density at radius 1 is 1.11 bits per heavy atom. The van der Waals surface area contributed by atoms with Crippen LogP contribution in [0.4, 0.5) is 0 Å². The summed E-state index contributed by atoms with van der Waals surface area (Å²) in [5.41, 5.74) is 3.05. The summed E-state index contributed by atoms with van der Waals surface area (Å²) in [6.07, 6.45) is 0. The molecule has 51 valence electrons. The Hall–Kier alpha value is 1.47. The van der Waals surface area contributed by atoms with E-state index in [0.717, 1.165) is 0 Å². The first kappa shape index (κ1) is 10.5. The van der Waals surface area contributed by atoms with Gasteiger partial charge in [0.05, 0.1) is 0 Å². The van der Waals surface area contributed by atoms with Crippen LogP contribution in [0.25, 0.3) is 0 Å². The zero-order valence-electron chi connectivity index (χ0n) is 4.34. The van der Waals surface area contributed by atoms with Crippen LogP contribution in [0.15, 0.2) is 20.8 Å². The third kappa shape index (κ3) is 5.89. The molecule has 0 nitrogen and oxygen atoms in total. The molecule has 0 aromatic heterocycles. The van der Waals surface area contributed by atoms with E-state index in [2.05, 4.69) is 0 Å². The van der Waals surface area contributed by atoms with Crippen molar-refractivity contribution in [2.75, 3.05) is 0 Å². The van der Waals surface area contributed by atoms with E-state index in [0.29, 0.717) is 0 Å². The standard InChI is InChI=1S/C4H4As2Cl3/c7-3-1-6(5-9)2-4-8/h1-4H/b3-1+,4-2+. The topological polar surface area (TPSA) is 0 Å². The van der Waals surface area contributed by atoms with Crippen molar-refractivity contribution in [3.8, 4) is 0 Å². The van der Waals surface area contributed by atoms with Crippen molar-refractivity contribution in [1.82, 2.24) is 0 Å². The average Bonchev–Trinajstić information content (AvgIpc) is 1.88. The maximum absolute atomic E-state index is 5.66. The summed E-state index contributed by atoms with van der Waals surface area (Å²) in [4.78, 5) is 3.92. The predicted octanol–water partition coefficient (Wildman–Crippen LogP) is 2.42. The monoisotopic (exact) mass is 307 g/mol. The van der Waals surface area contributed by atoms with E-state index < -0.39 is 12.6 Å². The fourth-order valence-electron chi connectivity index (χ4n) is 0.216. The van der Waals surface area contributed by atoms with Gasteiger partial charge in [-0.15, -0.1) is 0 Å². The van der Waals surface area contributed by atoms with Gasteiger partial charge >= 0.3 is 79.3 Å². The van der Waals surface area contributed by atoms with Gasteiger partial charge in [-0.2, -0.15) is 0 Å². The Kier molecular flexibility index (Phi) is 8.81. The minimum atomic E-state index is -1.04. The van der Waals surface area contributed by atoms with E-state index in [1.165, 1.54) is 11.1 Å². The number of hydrogen-bond acceptors (Lipinski definition) is 0. The molecule has 0 amide bonds. The van der Waals surface area contributed by atoms with Crippen LogP contribution in [0.5, 0.6) is 0 Å². The zero-order valence-corrected chi connectivity index (χ0v) is 10.4. The molecule has 0 saturated carbocycles.